The number of benzene rings is 2. The normalized spacial score (nSPS) is 15.5. The van der Waals surface area contributed by atoms with Gasteiger partial charge in [-0.1, -0.05) is 52.4 Å². The molecule has 0 fully saturated rings. The van der Waals surface area contributed by atoms with Crippen LogP contribution in [0.2, 0.25) is 5.02 Å². The number of Topliss-reactive ketones (excluding diaryl/α,β-unsaturated/α-hetero) is 1. The summed E-state index contributed by atoms with van der Waals surface area (Å²) in [4.78, 5) is 25.7. The molecule has 0 aliphatic heterocycles. The Hall–Kier alpha value is -1.58. The van der Waals surface area contributed by atoms with Gasteiger partial charge in [0.05, 0.1) is 12.7 Å². The van der Waals surface area contributed by atoms with Crippen LogP contribution in [-0.4, -0.2) is 26.0 Å². The Bertz CT molecular complexity index is 854. The molecule has 0 aliphatic carbocycles. The average Bonchev–Trinajstić information content (AvgIpc) is 2.64. The second-order valence-corrected chi connectivity index (χ2v) is 7.75. The second kappa shape index (κ2) is 8.20. The molecule has 0 saturated carbocycles. The Morgan fingerprint density at radius 1 is 1.04 bits per heavy atom. The number of ether oxygens (including phenoxy) is 2. The van der Waals surface area contributed by atoms with Gasteiger partial charge in [0.1, 0.15) is 15.1 Å². The fourth-order valence-electron chi connectivity index (χ4n) is 3.05. The number of rotatable bonds is 6. The van der Waals surface area contributed by atoms with Gasteiger partial charge in [-0.15, -0.1) is 0 Å². The highest BCUT2D eigenvalue weighted by molar-refractivity contribution is 14.1. The fourth-order valence-corrected chi connectivity index (χ4v) is 4.25. The monoisotopic (exact) mass is 508 g/mol. The second-order valence-electron chi connectivity index (χ2n) is 5.70. The van der Waals surface area contributed by atoms with Gasteiger partial charge in [0.2, 0.25) is 5.60 Å². The third-order valence-electron chi connectivity index (χ3n) is 4.31. The SMILES string of the molecule is COC(=O)C(OC)(c1c(F)cccc1F)C(I)(C(C)=O)c1ccc(Cl)cc1. The van der Waals surface area contributed by atoms with E-state index in [2.05, 4.69) is 0 Å². The molecule has 2 atom stereocenters. The number of halogens is 4. The van der Waals surface area contributed by atoms with Gasteiger partial charge >= 0.3 is 5.97 Å². The van der Waals surface area contributed by atoms with Crippen molar-refractivity contribution in [3.8, 4) is 0 Å². The Labute approximate surface area is 173 Å². The van der Waals surface area contributed by atoms with Gasteiger partial charge in [0.25, 0.3) is 0 Å². The minimum atomic E-state index is -2.42. The highest BCUT2D eigenvalue weighted by Crippen LogP contribution is 2.53. The van der Waals surface area contributed by atoms with E-state index < -0.39 is 38.0 Å². The van der Waals surface area contributed by atoms with Crippen molar-refractivity contribution in [2.45, 2.75) is 15.9 Å². The maximum absolute atomic E-state index is 14.7. The van der Waals surface area contributed by atoms with Crippen molar-refractivity contribution in [2.24, 2.45) is 0 Å². The van der Waals surface area contributed by atoms with Gasteiger partial charge in [-0.2, -0.15) is 0 Å². The molecular weight excluding hydrogens is 493 g/mol. The van der Waals surface area contributed by atoms with Gasteiger partial charge in [0, 0.05) is 12.1 Å². The Morgan fingerprint density at radius 3 is 1.96 bits per heavy atom. The molecule has 2 unspecified atom stereocenters. The van der Waals surface area contributed by atoms with Crippen molar-refractivity contribution in [1.82, 2.24) is 0 Å². The number of ketones is 1. The molecule has 4 nitrogen and oxygen atoms in total. The van der Waals surface area contributed by atoms with Crippen LogP contribution in [0.3, 0.4) is 0 Å². The van der Waals surface area contributed by atoms with Crippen molar-refractivity contribution in [1.29, 1.82) is 0 Å². The van der Waals surface area contributed by atoms with Crippen LogP contribution in [0.1, 0.15) is 18.1 Å². The summed E-state index contributed by atoms with van der Waals surface area (Å²) >= 11 is 7.60. The third-order valence-corrected chi connectivity index (χ3v) is 6.70. The van der Waals surface area contributed by atoms with Crippen LogP contribution in [-0.2, 0) is 28.1 Å². The molecule has 27 heavy (non-hydrogen) atoms. The summed E-state index contributed by atoms with van der Waals surface area (Å²) in [5.41, 5.74) is -2.86. The van der Waals surface area contributed by atoms with Crippen molar-refractivity contribution >= 4 is 45.9 Å². The fraction of sp³-hybridized carbons (Fsp3) is 0.263. The van der Waals surface area contributed by atoms with E-state index in [9.17, 15) is 18.4 Å². The first-order chi connectivity index (χ1) is 12.7. The molecule has 0 saturated heterocycles. The maximum Gasteiger partial charge on any atom is 0.345 e. The molecule has 8 heteroatoms. The van der Waals surface area contributed by atoms with Crippen LogP contribution in [0.25, 0.3) is 0 Å². The van der Waals surface area contributed by atoms with Crippen LogP contribution in [0, 0.1) is 11.6 Å². The van der Waals surface area contributed by atoms with E-state index in [1.165, 1.54) is 31.2 Å². The van der Waals surface area contributed by atoms with Crippen LogP contribution in [0.15, 0.2) is 42.5 Å². The maximum atomic E-state index is 14.7. The molecule has 0 radical (unpaired) electrons. The van der Waals surface area contributed by atoms with Gasteiger partial charge < -0.3 is 9.47 Å². The molecule has 144 valence electrons. The zero-order valence-electron chi connectivity index (χ0n) is 14.7. The Kier molecular flexibility index (Phi) is 6.59. The van der Waals surface area contributed by atoms with Crippen molar-refractivity contribution in [3.05, 3.63) is 70.2 Å². The molecule has 0 aliphatic rings. The Balaban J connectivity index is 2.99. The Morgan fingerprint density at radius 2 is 1.56 bits per heavy atom. The number of carbonyl (C=O) groups is 2. The van der Waals surface area contributed by atoms with Crippen LogP contribution in [0.5, 0.6) is 0 Å². The van der Waals surface area contributed by atoms with E-state index in [1.54, 1.807) is 22.6 Å². The lowest BCUT2D eigenvalue weighted by Crippen LogP contribution is -2.57. The smallest absolute Gasteiger partial charge is 0.345 e. The van der Waals surface area contributed by atoms with Crippen LogP contribution in [0.4, 0.5) is 8.78 Å². The quantitative estimate of drug-likeness (QED) is 0.326. The number of carbonyl (C=O) groups excluding carboxylic acids is 2. The predicted molar refractivity (Wildman–Crippen MR) is 105 cm³/mol. The van der Waals surface area contributed by atoms with Crippen LogP contribution < -0.4 is 0 Å². The van der Waals surface area contributed by atoms with E-state index in [0.717, 1.165) is 32.4 Å². The molecule has 2 rings (SSSR count). The summed E-state index contributed by atoms with van der Waals surface area (Å²) in [7, 11) is 2.14. The van der Waals surface area contributed by atoms with Gasteiger partial charge in [-0.05, 0) is 36.8 Å². The number of esters is 1. The van der Waals surface area contributed by atoms with Crippen molar-refractivity contribution in [3.63, 3.8) is 0 Å². The standard InChI is InChI=1S/C19H16ClF2IO4/c1-11(24)18(23,12-7-9-13(20)10-8-12)19(27-3,17(25)26-2)16-14(21)5-4-6-15(16)22/h4-10H,1-3H3. The van der Waals surface area contributed by atoms with E-state index in [4.69, 9.17) is 21.1 Å². The minimum Gasteiger partial charge on any atom is -0.467 e. The summed E-state index contributed by atoms with van der Waals surface area (Å²) in [5.74, 6) is -3.77. The number of hydrogen-bond donors (Lipinski definition) is 0. The largest absolute Gasteiger partial charge is 0.467 e. The van der Waals surface area contributed by atoms with E-state index in [0.29, 0.717) is 5.02 Å². The topological polar surface area (TPSA) is 52.6 Å². The lowest BCUT2D eigenvalue weighted by atomic mass is 9.74. The summed E-state index contributed by atoms with van der Waals surface area (Å²) in [6.07, 6.45) is 0. The molecule has 0 spiro atoms. The lowest BCUT2D eigenvalue weighted by Gasteiger charge is -2.43. The zero-order valence-corrected chi connectivity index (χ0v) is 17.6. The van der Waals surface area contributed by atoms with Gasteiger partial charge in [-0.3, -0.25) is 4.79 Å². The van der Waals surface area contributed by atoms with Crippen LogP contribution >= 0.6 is 34.2 Å². The number of hydrogen-bond acceptors (Lipinski definition) is 4. The summed E-state index contributed by atoms with van der Waals surface area (Å²) in [6.45, 7) is 1.20. The highest BCUT2D eigenvalue weighted by atomic mass is 127. The molecule has 0 bridgehead atoms. The third kappa shape index (κ3) is 3.36. The molecule has 0 aromatic heterocycles. The average molecular weight is 509 g/mol. The van der Waals surface area contributed by atoms with Crippen molar-refractivity contribution in [2.75, 3.05) is 14.2 Å². The van der Waals surface area contributed by atoms with Gasteiger partial charge in [0.15, 0.2) is 5.78 Å². The van der Waals surface area contributed by atoms with E-state index in [1.807, 2.05) is 0 Å². The summed E-state index contributed by atoms with van der Waals surface area (Å²) < 4.78 is 37.9. The molecule has 0 N–H and O–H groups in total. The van der Waals surface area contributed by atoms with E-state index in [-0.39, 0.29) is 5.56 Å². The molecule has 0 heterocycles. The first-order valence-corrected chi connectivity index (χ1v) is 9.16. The first kappa shape index (κ1) is 21.7. The van der Waals surface area contributed by atoms with E-state index >= 15 is 0 Å². The predicted octanol–water partition coefficient (Wildman–Crippen LogP) is 4.55. The summed E-state index contributed by atoms with van der Waals surface area (Å²) in [6, 6.07) is 9.10. The molecule has 2 aromatic carbocycles. The van der Waals surface area contributed by atoms with Gasteiger partial charge in [-0.25, -0.2) is 13.6 Å². The first-order valence-electron chi connectivity index (χ1n) is 7.70. The minimum absolute atomic E-state index is 0.273. The zero-order chi connectivity index (χ0) is 20.4. The highest BCUT2D eigenvalue weighted by Gasteiger charge is 2.64. The summed E-state index contributed by atoms with van der Waals surface area (Å²) in [5, 5.41) is 0.388. The molecular formula is C19H16ClF2IO4. The molecule has 2 aromatic rings. The number of alkyl halides is 1. The molecule has 0 amide bonds. The number of methoxy groups -OCH3 is 2. The van der Waals surface area contributed by atoms with Crippen molar-refractivity contribution < 1.29 is 27.8 Å². The lowest BCUT2D eigenvalue weighted by molar-refractivity contribution is -0.175.